The summed E-state index contributed by atoms with van der Waals surface area (Å²) in [4.78, 5) is 23.5. The molecule has 1 aliphatic rings. The lowest BCUT2D eigenvalue weighted by Gasteiger charge is -2.28. The summed E-state index contributed by atoms with van der Waals surface area (Å²) >= 11 is 5.79. The highest BCUT2D eigenvalue weighted by Gasteiger charge is 2.34. The Balaban J connectivity index is 1.97. The van der Waals surface area contributed by atoms with Gasteiger partial charge in [-0.25, -0.2) is 15.2 Å². The molecule has 1 N–H and O–H groups in total. The van der Waals surface area contributed by atoms with Crippen LogP contribution in [0.15, 0.2) is 30.3 Å². The van der Waals surface area contributed by atoms with Crippen molar-refractivity contribution in [1.82, 2.24) is 10.4 Å². The van der Waals surface area contributed by atoms with Gasteiger partial charge in [0.25, 0.3) is 0 Å². The molecule has 1 heterocycles. The van der Waals surface area contributed by atoms with E-state index in [0.717, 1.165) is 18.4 Å². The van der Waals surface area contributed by atoms with E-state index >= 15 is 0 Å². The summed E-state index contributed by atoms with van der Waals surface area (Å²) in [6.07, 6.45) is 2.76. The van der Waals surface area contributed by atoms with Gasteiger partial charge in [0.15, 0.2) is 0 Å². The van der Waals surface area contributed by atoms with Gasteiger partial charge in [0.2, 0.25) is 0 Å². The molecule has 1 aromatic rings. The van der Waals surface area contributed by atoms with Crippen LogP contribution in [0.4, 0.5) is 4.79 Å². The van der Waals surface area contributed by atoms with Crippen molar-refractivity contribution in [2.24, 2.45) is 0 Å². The second-order valence-electron chi connectivity index (χ2n) is 6.06. The molecule has 0 spiro atoms. The van der Waals surface area contributed by atoms with E-state index in [0.29, 0.717) is 31.7 Å². The number of alkyl halides is 1. The average molecular weight is 369 g/mol. The minimum atomic E-state index is -0.380. The zero-order chi connectivity index (χ0) is 18.1. The topological polar surface area (TPSA) is 67.9 Å². The second kappa shape index (κ2) is 10.3. The van der Waals surface area contributed by atoms with E-state index in [9.17, 15) is 9.59 Å². The summed E-state index contributed by atoms with van der Waals surface area (Å²) in [6, 6.07) is 9.86. The molecule has 0 saturated carbocycles. The molecule has 1 aromatic carbocycles. The van der Waals surface area contributed by atoms with Crippen molar-refractivity contribution in [3.05, 3.63) is 35.9 Å². The minimum absolute atomic E-state index is 0.0400. The summed E-state index contributed by atoms with van der Waals surface area (Å²) in [5.41, 5.74) is 4.39. The molecule has 2 atom stereocenters. The first-order valence-corrected chi connectivity index (χ1v) is 9.06. The van der Waals surface area contributed by atoms with E-state index in [1.807, 2.05) is 30.3 Å². The minimum Gasteiger partial charge on any atom is -0.469 e. The zero-order valence-corrected chi connectivity index (χ0v) is 15.2. The molecule has 0 aromatic heterocycles. The standard InChI is InChI=1S/C18H25ClN2O4/c1-24-17(22)10-9-15(8-5-11-19)20-21-16(13-25-18(21)23)12-14-6-3-2-4-7-14/h2-4,6-7,15-16,20H,5,8-13H2,1H3/t15-,16-/m0/s1. The van der Waals surface area contributed by atoms with Crippen molar-refractivity contribution >= 4 is 23.7 Å². The van der Waals surface area contributed by atoms with Crippen molar-refractivity contribution < 1.29 is 19.1 Å². The van der Waals surface area contributed by atoms with E-state index < -0.39 is 0 Å². The van der Waals surface area contributed by atoms with Crippen molar-refractivity contribution in [2.75, 3.05) is 19.6 Å². The van der Waals surface area contributed by atoms with Crippen LogP contribution in [0.5, 0.6) is 0 Å². The summed E-state index contributed by atoms with van der Waals surface area (Å²) in [7, 11) is 1.37. The monoisotopic (exact) mass is 368 g/mol. The van der Waals surface area contributed by atoms with Gasteiger partial charge in [-0.05, 0) is 31.2 Å². The molecule has 2 rings (SSSR count). The number of methoxy groups -OCH3 is 1. The normalized spacial score (nSPS) is 18.1. The van der Waals surface area contributed by atoms with E-state index in [4.69, 9.17) is 21.1 Å². The van der Waals surface area contributed by atoms with Crippen LogP contribution in [0, 0.1) is 0 Å². The fraction of sp³-hybridized carbons (Fsp3) is 0.556. The van der Waals surface area contributed by atoms with Crippen LogP contribution in [0.1, 0.15) is 31.2 Å². The summed E-state index contributed by atoms with van der Waals surface area (Å²) < 4.78 is 9.91. The first kappa shape index (κ1) is 19.5. The smallest absolute Gasteiger partial charge is 0.424 e. The molecule has 7 heteroatoms. The Morgan fingerprint density at radius 2 is 2.16 bits per heavy atom. The Bertz CT molecular complexity index is 555. The predicted molar refractivity (Wildman–Crippen MR) is 95.2 cm³/mol. The van der Waals surface area contributed by atoms with Crippen LogP contribution in [0.2, 0.25) is 0 Å². The highest BCUT2D eigenvalue weighted by atomic mass is 35.5. The fourth-order valence-corrected chi connectivity index (χ4v) is 3.00. The Morgan fingerprint density at radius 3 is 2.84 bits per heavy atom. The number of hydrogen-bond donors (Lipinski definition) is 1. The van der Waals surface area contributed by atoms with Crippen LogP contribution in [0.25, 0.3) is 0 Å². The molecule has 6 nitrogen and oxygen atoms in total. The molecule has 0 radical (unpaired) electrons. The molecular formula is C18H25ClN2O4. The maximum Gasteiger partial charge on any atom is 0.424 e. The lowest BCUT2D eigenvalue weighted by Crippen LogP contribution is -2.50. The van der Waals surface area contributed by atoms with Crippen molar-refractivity contribution in [3.63, 3.8) is 0 Å². The summed E-state index contributed by atoms with van der Waals surface area (Å²) in [6.45, 7) is 0.347. The SMILES string of the molecule is COC(=O)CC[C@H](CCCCl)NN1C(=O)OC[C@@H]1Cc1ccccc1. The van der Waals surface area contributed by atoms with E-state index in [2.05, 4.69) is 5.43 Å². The van der Waals surface area contributed by atoms with Gasteiger partial charge in [-0.1, -0.05) is 30.3 Å². The number of hydrazine groups is 1. The van der Waals surface area contributed by atoms with Crippen molar-refractivity contribution in [1.29, 1.82) is 0 Å². The molecule has 25 heavy (non-hydrogen) atoms. The number of nitrogens with one attached hydrogen (secondary N) is 1. The van der Waals surface area contributed by atoms with Crippen molar-refractivity contribution in [3.8, 4) is 0 Å². The van der Waals surface area contributed by atoms with Crippen LogP contribution >= 0.6 is 11.6 Å². The molecule has 1 aliphatic heterocycles. The number of carbonyl (C=O) groups excluding carboxylic acids is 2. The number of cyclic esters (lactones) is 1. The molecule has 0 unspecified atom stereocenters. The van der Waals surface area contributed by atoms with E-state index in [1.54, 1.807) is 5.01 Å². The Morgan fingerprint density at radius 1 is 1.40 bits per heavy atom. The highest BCUT2D eigenvalue weighted by Crippen LogP contribution is 2.17. The molecule has 0 bridgehead atoms. The van der Waals surface area contributed by atoms with Crippen LogP contribution in [0.3, 0.4) is 0 Å². The quantitative estimate of drug-likeness (QED) is 0.508. The molecule has 1 fully saturated rings. The van der Waals surface area contributed by atoms with Gasteiger partial charge >= 0.3 is 12.1 Å². The number of halogens is 1. The number of amides is 1. The maximum absolute atomic E-state index is 12.1. The average Bonchev–Trinajstić information content (AvgIpc) is 2.97. The van der Waals surface area contributed by atoms with E-state index in [-0.39, 0.29) is 24.1 Å². The number of nitrogens with zero attached hydrogens (tertiary/aromatic N) is 1. The first-order valence-electron chi connectivity index (χ1n) is 8.53. The summed E-state index contributed by atoms with van der Waals surface area (Å²) in [5, 5.41) is 1.56. The Kier molecular flexibility index (Phi) is 8.01. The fourth-order valence-electron chi connectivity index (χ4n) is 2.84. The first-order chi connectivity index (χ1) is 12.1. The van der Waals surface area contributed by atoms with Crippen LogP contribution in [-0.2, 0) is 20.7 Å². The number of benzene rings is 1. The number of ether oxygens (including phenoxy) is 2. The van der Waals surface area contributed by atoms with Gasteiger partial charge < -0.3 is 9.47 Å². The number of carbonyl (C=O) groups is 2. The number of esters is 1. The second-order valence-corrected chi connectivity index (χ2v) is 6.44. The largest absolute Gasteiger partial charge is 0.469 e. The third-order valence-electron chi connectivity index (χ3n) is 4.21. The molecule has 1 saturated heterocycles. The lowest BCUT2D eigenvalue weighted by molar-refractivity contribution is -0.140. The van der Waals surface area contributed by atoms with Crippen LogP contribution in [-0.4, -0.2) is 48.8 Å². The van der Waals surface area contributed by atoms with Gasteiger partial charge in [-0.15, -0.1) is 11.6 Å². The van der Waals surface area contributed by atoms with Gasteiger partial charge in [0.05, 0.1) is 13.2 Å². The summed E-state index contributed by atoms with van der Waals surface area (Å²) in [5.74, 6) is 0.274. The molecule has 0 aliphatic carbocycles. The zero-order valence-electron chi connectivity index (χ0n) is 14.4. The molecular weight excluding hydrogens is 344 g/mol. The van der Waals surface area contributed by atoms with Gasteiger partial charge in [0.1, 0.15) is 6.61 Å². The van der Waals surface area contributed by atoms with Gasteiger partial charge in [-0.3, -0.25) is 4.79 Å². The van der Waals surface area contributed by atoms with E-state index in [1.165, 1.54) is 7.11 Å². The molecule has 138 valence electrons. The highest BCUT2D eigenvalue weighted by molar-refractivity contribution is 6.17. The number of hydrogen-bond acceptors (Lipinski definition) is 5. The Labute approximate surface area is 153 Å². The maximum atomic E-state index is 12.1. The third kappa shape index (κ3) is 6.21. The molecule has 1 amide bonds. The Hall–Kier alpha value is -1.79. The van der Waals surface area contributed by atoms with Gasteiger partial charge in [0, 0.05) is 18.3 Å². The van der Waals surface area contributed by atoms with Crippen LogP contribution < -0.4 is 5.43 Å². The lowest BCUT2D eigenvalue weighted by atomic mass is 10.1. The predicted octanol–water partition coefficient (Wildman–Crippen LogP) is 2.90. The van der Waals surface area contributed by atoms with Gasteiger partial charge in [-0.2, -0.15) is 0 Å². The third-order valence-corrected chi connectivity index (χ3v) is 4.47. The van der Waals surface area contributed by atoms with Crippen molar-refractivity contribution in [2.45, 2.75) is 44.2 Å². The number of rotatable bonds is 10.